The topological polar surface area (TPSA) is 193 Å². The lowest BCUT2D eigenvalue weighted by Gasteiger charge is -2.41. The van der Waals surface area contributed by atoms with Crippen molar-refractivity contribution in [2.24, 2.45) is 29.6 Å². The molecule has 3 rings (SSSR count). The van der Waals surface area contributed by atoms with Crippen molar-refractivity contribution in [1.82, 2.24) is 25.3 Å². The molecule has 1 aliphatic heterocycles. The number of carbonyl (C=O) groups is 6. The largest absolute Gasteiger partial charge is 0.442 e. The number of ketones is 1. The minimum atomic E-state index is -0.904. The van der Waals surface area contributed by atoms with Crippen molar-refractivity contribution in [2.75, 3.05) is 60.0 Å². The van der Waals surface area contributed by atoms with Gasteiger partial charge in [0.2, 0.25) is 23.6 Å². The van der Waals surface area contributed by atoms with Crippen molar-refractivity contribution >= 4 is 47.3 Å². The summed E-state index contributed by atoms with van der Waals surface area (Å²) in [4.78, 5) is 87.4. The molecule has 1 fully saturated rings. The van der Waals surface area contributed by atoms with Gasteiger partial charge in [0.25, 0.3) is 0 Å². The average Bonchev–Trinajstić information content (AvgIpc) is 3.82. The van der Waals surface area contributed by atoms with Crippen LogP contribution in [0.25, 0.3) is 0 Å². The summed E-state index contributed by atoms with van der Waals surface area (Å²) in [6, 6.07) is 6.84. The second-order valence-corrected chi connectivity index (χ2v) is 21.2. The maximum Gasteiger partial charge on any atom is 0.410 e. The Morgan fingerprint density at radius 3 is 2.18 bits per heavy atom. The van der Waals surface area contributed by atoms with Crippen LogP contribution in [0.4, 0.5) is 4.79 Å². The lowest BCUT2D eigenvalue weighted by molar-refractivity contribution is -0.149. The summed E-state index contributed by atoms with van der Waals surface area (Å²) >= 11 is 1.47. The quantitative estimate of drug-likeness (QED) is 0.0586. The van der Waals surface area contributed by atoms with Gasteiger partial charge in [0.15, 0.2) is 5.78 Å². The molecule has 0 aromatic heterocycles. The predicted molar refractivity (Wildman–Crippen MR) is 278 cm³/mol. The number of Topliss-reactive ketones (excluding diaryl/α,β-unsaturated/α-hetero) is 1. The number of likely N-dealkylation sites (N-methyl/N-ethyl adjacent to an activating group) is 2. The van der Waals surface area contributed by atoms with Crippen LogP contribution in [-0.4, -0.2) is 164 Å². The predicted octanol–water partition coefficient (Wildman–Crippen LogP) is 6.83. The van der Waals surface area contributed by atoms with Gasteiger partial charge in [0.1, 0.15) is 6.10 Å². The number of nitrogens with zero attached hydrogens (tertiary/aromatic N) is 3. The lowest BCUT2D eigenvalue weighted by atomic mass is 9.83. The van der Waals surface area contributed by atoms with Crippen LogP contribution >= 0.6 is 11.8 Å². The van der Waals surface area contributed by atoms with E-state index in [0.717, 1.165) is 19.3 Å². The fourth-order valence-electron chi connectivity index (χ4n) is 10.2. The van der Waals surface area contributed by atoms with Gasteiger partial charge in [-0.25, -0.2) is 4.79 Å². The maximum atomic E-state index is 14.7. The fraction of sp³-hybridized carbons (Fsp3) is 0.741. The van der Waals surface area contributed by atoms with E-state index in [4.69, 9.17) is 18.9 Å². The van der Waals surface area contributed by atoms with Crippen molar-refractivity contribution in [1.29, 1.82) is 0 Å². The molecule has 2 unspecified atom stereocenters. The zero-order valence-electron chi connectivity index (χ0n) is 45.1. The first-order valence-corrected chi connectivity index (χ1v) is 27.3. The van der Waals surface area contributed by atoms with Crippen molar-refractivity contribution in [2.45, 2.75) is 168 Å². The molecule has 0 spiro atoms. The highest BCUT2D eigenvalue weighted by atomic mass is 32.2. The van der Waals surface area contributed by atoms with E-state index in [1.807, 2.05) is 90.3 Å². The summed E-state index contributed by atoms with van der Waals surface area (Å²) in [5.74, 6) is -2.49. The third kappa shape index (κ3) is 18.1. The standard InChI is InChI=1S/C54H89N5O11S/c1-14-36(6)49(45(67-11)32-47(62)59-29-20-27-43(59)51(68-12)37(7)52(64)56-38(8)50(63)39-21-16-15-17-22-39)57(9)53(65)42(34(2)3)31-44(60)48(35(4)5)58(10)54(66)70-41-25-18-23-40(24-19-26-41)69-30-28-55-46(61)33-71-13/h15-18,21-22,25,34-38,40-43,45,48-51,63H,14,19-20,23-24,26-33H2,1-13H3,(H,55,61)(H,56,64)/b25-18+/t36-,37+,38+,40?,41?,42-,43-,45+,48-,49-,50+,51+/m0/s1. The van der Waals surface area contributed by atoms with E-state index in [2.05, 4.69) is 10.6 Å². The number of methoxy groups -OCH3 is 2. The van der Waals surface area contributed by atoms with E-state index in [1.54, 1.807) is 52.0 Å². The molecule has 0 radical (unpaired) electrons. The number of hydrogen-bond donors (Lipinski definition) is 3. The molecule has 1 aromatic carbocycles. The zero-order chi connectivity index (χ0) is 52.9. The Balaban J connectivity index is 1.69. The summed E-state index contributed by atoms with van der Waals surface area (Å²) in [7, 11) is 6.39. The van der Waals surface area contributed by atoms with Crippen LogP contribution in [0.2, 0.25) is 0 Å². The van der Waals surface area contributed by atoms with Crippen molar-refractivity contribution < 1.29 is 52.8 Å². The van der Waals surface area contributed by atoms with Gasteiger partial charge in [-0.15, -0.1) is 0 Å². The minimum Gasteiger partial charge on any atom is -0.442 e. The first-order valence-electron chi connectivity index (χ1n) is 25.9. The molecule has 71 heavy (non-hydrogen) atoms. The highest BCUT2D eigenvalue weighted by Crippen LogP contribution is 2.32. The van der Waals surface area contributed by atoms with Gasteiger partial charge in [0, 0.05) is 53.7 Å². The molecule has 1 saturated heterocycles. The summed E-state index contributed by atoms with van der Waals surface area (Å²) < 4.78 is 24.0. The monoisotopic (exact) mass is 1020 g/mol. The van der Waals surface area contributed by atoms with E-state index in [9.17, 15) is 33.9 Å². The van der Waals surface area contributed by atoms with Crippen LogP contribution < -0.4 is 10.6 Å². The smallest absolute Gasteiger partial charge is 0.410 e. The van der Waals surface area contributed by atoms with Gasteiger partial charge in [-0.1, -0.05) is 91.3 Å². The number of aliphatic hydroxyl groups is 1. The van der Waals surface area contributed by atoms with Gasteiger partial charge in [-0.2, -0.15) is 11.8 Å². The molecule has 5 amide bonds. The molecule has 1 aromatic rings. The van der Waals surface area contributed by atoms with Crippen molar-refractivity contribution in [3.8, 4) is 0 Å². The normalized spacial score (nSPS) is 21.6. The highest BCUT2D eigenvalue weighted by Gasteiger charge is 2.44. The first-order chi connectivity index (χ1) is 33.7. The average molecular weight is 1020 g/mol. The first kappa shape index (κ1) is 61.3. The number of carbonyl (C=O) groups excluding carboxylic acids is 6. The number of likely N-dealkylation sites (tertiary alicyclic amines) is 1. The Kier molecular flexibility index (Phi) is 26.6. The number of aliphatic hydroxyl groups excluding tert-OH is 1. The van der Waals surface area contributed by atoms with Crippen LogP contribution in [0.3, 0.4) is 0 Å². The molecule has 3 N–H and O–H groups in total. The van der Waals surface area contributed by atoms with Crippen LogP contribution in [0.5, 0.6) is 0 Å². The molecule has 16 nitrogen and oxygen atoms in total. The minimum absolute atomic E-state index is 0.00326. The molecule has 0 bridgehead atoms. The highest BCUT2D eigenvalue weighted by molar-refractivity contribution is 7.99. The third-order valence-corrected chi connectivity index (χ3v) is 15.1. The number of ether oxygens (including phenoxy) is 4. The third-order valence-electron chi connectivity index (χ3n) is 14.5. The van der Waals surface area contributed by atoms with Crippen molar-refractivity contribution in [3.05, 3.63) is 48.0 Å². The summed E-state index contributed by atoms with van der Waals surface area (Å²) in [5.41, 5.74) is 0.694. The molecule has 17 heteroatoms. The van der Waals surface area contributed by atoms with E-state index in [0.29, 0.717) is 56.7 Å². The molecule has 402 valence electrons. The summed E-state index contributed by atoms with van der Waals surface area (Å²) in [5, 5.41) is 16.7. The van der Waals surface area contributed by atoms with Gasteiger partial charge in [-0.3, -0.25) is 24.0 Å². The van der Waals surface area contributed by atoms with E-state index < -0.39 is 60.5 Å². The number of thioether (sulfide) groups is 1. The second kappa shape index (κ2) is 30.9. The van der Waals surface area contributed by atoms with Crippen molar-refractivity contribution in [3.63, 3.8) is 0 Å². The maximum absolute atomic E-state index is 14.7. The Morgan fingerprint density at radius 1 is 0.887 bits per heavy atom. The molecule has 1 aliphatic carbocycles. The number of amides is 5. The Hall–Kier alpha value is -4.03. The summed E-state index contributed by atoms with van der Waals surface area (Å²) in [6.45, 7) is 16.5. The van der Waals surface area contributed by atoms with Crippen LogP contribution in [0, 0.1) is 29.6 Å². The van der Waals surface area contributed by atoms with E-state index >= 15 is 0 Å². The number of hydrogen-bond acceptors (Lipinski definition) is 12. The number of benzene rings is 1. The Bertz CT molecular complexity index is 1850. The Labute approximate surface area is 429 Å². The second-order valence-electron chi connectivity index (χ2n) is 20.4. The molecule has 0 saturated carbocycles. The summed E-state index contributed by atoms with van der Waals surface area (Å²) in [6.07, 6.45) is 7.12. The van der Waals surface area contributed by atoms with Crippen LogP contribution in [0.1, 0.15) is 125 Å². The van der Waals surface area contributed by atoms with Gasteiger partial charge < -0.3 is 49.4 Å². The zero-order valence-corrected chi connectivity index (χ0v) is 45.9. The van der Waals surface area contributed by atoms with Gasteiger partial charge in [-0.05, 0) is 81.1 Å². The van der Waals surface area contributed by atoms with E-state index in [-0.39, 0.29) is 72.2 Å². The van der Waals surface area contributed by atoms with Gasteiger partial charge in [0.05, 0.1) is 73.3 Å². The fourth-order valence-corrected chi connectivity index (χ4v) is 10.6. The molecule has 2 aliphatic rings. The SMILES string of the molecule is CC[C@H](C)[C@@H]([C@@H](CC(=O)N1CCC[C@H]1[C@H](OC)[C@@H](C)C(=O)N[C@H](C)[C@@H](O)c1ccccc1)OC)N(C)C(=O)[C@@H](CC(=O)[C@H](C(C)C)N(C)C(=O)OC1/C=C/CC(OCCNC(=O)CSC)CCC1)C(C)C. The van der Waals surface area contributed by atoms with E-state index in [1.165, 1.54) is 16.7 Å². The molecule has 12 atom stereocenters. The van der Waals surface area contributed by atoms with Crippen LogP contribution in [-0.2, 0) is 42.9 Å². The number of nitrogens with one attached hydrogen (secondary N) is 2. The molecule has 1 heterocycles. The molecular weight excluding hydrogens is 927 g/mol. The molecular formula is C54H89N5O11S. The lowest BCUT2D eigenvalue weighted by Crippen LogP contribution is -2.55. The number of rotatable bonds is 28. The van der Waals surface area contributed by atoms with Crippen LogP contribution in [0.15, 0.2) is 42.5 Å². The Morgan fingerprint density at radius 2 is 1.58 bits per heavy atom. The van der Waals surface area contributed by atoms with Gasteiger partial charge >= 0.3 is 6.09 Å².